The second-order valence-corrected chi connectivity index (χ2v) is 6.62. The number of amides is 1. The topological polar surface area (TPSA) is 29.1 Å². The molecule has 2 aromatic carbocycles. The van der Waals surface area contributed by atoms with Gasteiger partial charge in [0.2, 0.25) is 5.91 Å². The molecule has 0 saturated heterocycles. The smallest absolute Gasteiger partial charge is 0.232 e. The Balaban J connectivity index is 2.22. The number of halogens is 2. The molecule has 0 aromatic heterocycles. The summed E-state index contributed by atoms with van der Waals surface area (Å²) in [6.45, 7) is 4.08. The van der Waals surface area contributed by atoms with Crippen LogP contribution in [0.25, 0.3) is 0 Å². The van der Waals surface area contributed by atoms with Crippen LogP contribution >= 0.6 is 27.5 Å². The first-order chi connectivity index (χ1) is 9.97. The fraction of sp³-hybridized carbons (Fsp3) is 0.235. The number of rotatable bonds is 4. The fourth-order valence-corrected chi connectivity index (χ4v) is 2.82. The first-order valence-electron chi connectivity index (χ1n) is 6.79. The van der Waals surface area contributed by atoms with Crippen molar-refractivity contribution in [3.05, 3.63) is 63.6 Å². The zero-order valence-corrected chi connectivity index (χ0v) is 14.3. The first-order valence-corrected chi connectivity index (χ1v) is 7.96. The van der Waals surface area contributed by atoms with E-state index in [1.807, 2.05) is 62.4 Å². The Morgan fingerprint density at radius 1 is 1.14 bits per heavy atom. The highest BCUT2D eigenvalue weighted by molar-refractivity contribution is 9.10. The van der Waals surface area contributed by atoms with Gasteiger partial charge in [0.25, 0.3) is 0 Å². The molecule has 0 aliphatic carbocycles. The molecule has 0 bridgehead atoms. The summed E-state index contributed by atoms with van der Waals surface area (Å²) in [7, 11) is 0. The summed E-state index contributed by atoms with van der Waals surface area (Å²) < 4.78 is 0.938. The van der Waals surface area contributed by atoms with Crippen LogP contribution in [0.15, 0.2) is 53.0 Å². The number of nitrogens with one attached hydrogen (secondary N) is 1. The molecule has 0 fully saturated rings. The van der Waals surface area contributed by atoms with Crippen LogP contribution in [0.1, 0.15) is 25.3 Å². The van der Waals surface area contributed by atoms with Crippen molar-refractivity contribution in [2.45, 2.75) is 19.8 Å². The molecule has 1 amide bonds. The third-order valence-electron chi connectivity index (χ3n) is 3.27. The van der Waals surface area contributed by atoms with E-state index in [0.717, 1.165) is 15.7 Å². The van der Waals surface area contributed by atoms with Gasteiger partial charge in [0.15, 0.2) is 0 Å². The number of carbonyl (C=O) groups is 1. The molecule has 0 saturated carbocycles. The molecule has 4 heteroatoms. The van der Waals surface area contributed by atoms with Gasteiger partial charge in [-0.2, -0.15) is 0 Å². The summed E-state index contributed by atoms with van der Waals surface area (Å²) in [4.78, 5) is 12.6. The van der Waals surface area contributed by atoms with E-state index in [1.54, 1.807) is 0 Å². The normalized spacial score (nSPS) is 12.2. The van der Waals surface area contributed by atoms with Gasteiger partial charge in [-0.05, 0) is 41.8 Å². The van der Waals surface area contributed by atoms with E-state index in [-0.39, 0.29) is 17.7 Å². The van der Waals surface area contributed by atoms with Crippen LogP contribution in [0.5, 0.6) is 0 Å². The van der Waals surface area contributed by atoms with Gasteiger partial charge in [0.05, 0.1) is 5.92 Å². The third kappa shape index (κ3) is 4.32. The third-order valence-corrected chi connectivity index (χ3v) is 4.02. The van der Waals surface area contributed by atoms with Gasteiger partial charge >= 0.3 is 0 Å². The van der Waals surface area contributed by atoms with Crippen LogP contribution < -0.4 is 5.32 Å². The van der Waals surface area contributed by atoms with Crippen molar-refractivity contribution in [1.29, 1.82) is 0 Å². The van der Waals surface area contributed by atoms with E-state index in [4.69, 9.17) is 11.6 Å². The average Bonchev–Trinajstić information content (AvgIpc) is 2.41. The maximum absolute atomic E-state index is 12.6. The zero-order chi connectivity index (χ0) is 15.4. The van der Waals surface area contributed by atoms with Gasteiger partial charge in [0.1, 0.15) is 0 Å². The lowest BCUT2D eigenvalue weighted by Crippen LogP contribution is -2.25. The van der Waals surface area contributed by atoms with Gasteiger partial charge in [-0.3, -0.25) is 4.79 Å². The summed E-state index contributed by atoms with van der Waals surface area (Å²) in [5, 5.41) is 3.65. The maximum Gasteiger partial charge on any atom is 0.232 e. The quantitative estimate of drug-likeness (QED) is 0.762. The van der Waals surface area contributed by atoms with Crippen LogP contribution in [0.3, 0.4) is 0 Å². The van der Waals surface area contributed by atoms with Crippen molar-refractivity contribution in [3.8, 4) is 0 Å². The van der Waals surface area contributed by atoms with Gasteiger partial charge < -0.3 is 5.32 Å². The number of anilines is 1. The Kier molecular flexibility index (Phi) is 5.43. The maximum atomic E-state index is 12.6. The first kappa shape index (κ1) is 16.1. The monoisotopic (exact) mass is 365 g/mol. The fourth-order valence-electron chi connectivity index (χ4n) is 2.30. The van der Waals surface area contributed by atoms with Crippen molar-refractivity contribution in [3.63, 3.8) is 0 Å². The molecule has 0 radical (unpaired) electrons. The molecule has 0 aliphatic heterocycles. The number of hydrogen-bond donors (Lipinski definition) is 1. The Hall–Kier alpha value is -1.32. The van der Waals surface area contributed by atoms with Crippen molar-refractivity contribution >= 4 is 39.1 Å². The molecular formula is C17H17BrClNO. The van der Waals surface area contributed by atoms with Crippen LogP contribution in [0.4, 0.5) is 5.69 Å². The molecule has 0 aliphatic rings. The molecule has 21 heavy (non-hydrogen) atoms. The number of hydrogen-bond acceptors (Lipinski definition) is 1. The summed E-state index contributed by atoms with van der Waals surface area (Å²) >= 11 is 9.32. The van der Waals surface area contributed by atoms with Crippen LogP contribution in [0, 0.1) is 5.92 Å². The van der Waals surface area contributed by atoms with Crippen LogP contribution in [-0.2, 0) is 4.79 Å². The van der Waals surface area contributed by atoms with Crippen molar-refractivity contribution in [1.82, 2.24) is 0 Å². The SMILES string of the molecule is CC(C)[C@@H](C(=O)Nc1cccc(Br)c1)c1ccc(Cl)cc1. The largest absolute Gasteiger partial charge is 0.326 e. The highest BCUT2D eigenvalue weighted by Crippen LogP contribution is 2.27. The molecule has 2 rings (SSSR count). The molecule has 1 N–H and O–H groups in total. The molecule has 1 atom stereocenters. The minimum Gasteiger partial charge on any atom is -0.326 e. The lowest BCUT2D eigenvalue weighted by molar-refractivity contribution is -0.118. The highest BCUT2D eigenvalue weighted by atomic mass is 79.9. The Labute approximate surface area is 138 Å². The predicted molar refractivity (Wildman–Crippen MR) is 91.8 cm³/mol. The second kappa shape index (κ2) is 7.10. The van der Waals surface area contributed by atoms with E-state index >= 15 is 0 Å². The van der Waals surface area contributed by atoms with Crippen LogP contribution in [-0.4, -0.2) is 5.91 Å². The van der Waals surface area contributed by atoms with Crippen molar-refractivity contribution in [2.24, 2.45) is 5.92 Å². The highest BCUT2D eigenvalue weighted by Gasteiger charge is 2.24. The van der Waals surface area contributed by atoms with E-state index in [9.17, 15) is 4.79 Å². The van der Waals surface area contributed by atoms with E-state index in [2.05, 4.69) is 21.2 Å². The van der Waals surface area contributed by atoms with Gasteiger partial charge in [-0.15, -0.1) is 0 Å². The van der Waals surface area contributed by atoms with E-state index < -0.39 is 0 Å². The lowest BCUT2D eigenvalue weighted by Gasteiger charge is -2.21. The van der Waals surface area contributed by atoms with Gasteiger partial charge in [-0.25, -0.2) is 0 Å². The van der Waals surface area contributed by atoms with Gasteiger partial charge in [0, 0.05) is 15.2 Å². The molecule has 0 unspecified atom stereocenters. The predicted octanol–water partition coefficient (Wildman–Crippen LogP) is 5.48. The van der Waals surface area contributed by atoms with Crippen LogP contribution in [0.2, 0.25) is 5.02 Å². The lowest BCUT2D eigenvalue weighted by atomic mass is 9.87. The summed E-state index contributed by atoms with van der Waals surface area (Å²) in [5.74, 6) is -0.0231. The Morgan fingerprint density at radius 3 is 2.38 bits per heavy atom. The average molecular weight is 367 g/mol. The van der Waals surface area contributed by atoms with E-state index in [0.29, 0.717) is 5.02 Å². The molecular weight excluding hydrogens is 350 g/mol. The van der Waals surface area contributed by atoms with Gasteiger partial charge in [-0.1, -0.05) is 59.6 Å². The molecule has 2 aromatic rings. The standard InChI is InChI=1S/C17H17BrClNO/c1-11(2)16(12-6-8-14(19)9-7-12)17(21)20-15-5-3-4-13(18)10-15/h3-11,16H,1-2H3,(H,20,21)/t16-/m1/s1. The van der Waals surface area contributed by atoms with Crippen molar-refractivity contribution < 1.29 is 4.79 Å². The minimum atomic E-state index is -0.207. The van der Waals surface area contributed by atoms with E-state index in [1.165, 1.54) is 0 Å². The summed E-state index contributed by atoms with van der Waals surface area (Å²) in [6.07, 6.45) is 0. The Morgan fingerprint density at radius 2 is 1.81 bits per heavy atom. The summed E-state index contributed by atoms with van der Waals surface area (Å²) in [5.41, 5.74) is 1.76. The van der Waals surface area contributed by atoms with Crippen molar-refractivity contribution in [2.75, 3.05) is 5.32 Å². The molecule has 0 heterocycles. The molecule has 0 spiro atoms. The zero-order valence-electron chi connectivity index (χ0n) is 11.9. The number of carbonyl (C=O) groups excluding carboxylic acids is 1. The molecule has 2 nitrogen and oxygen atoms in total. The molecule has 110 valence electrons. The minimum absolute atomic E-state index is 0.00887. The Bertz CT molecular complexity index is 625. The summed E-state index contributed by atoms with van der Waals surface area (Å²) in [6, 6.07) is 15.0. The second-order valence-electron chi connectivity index (χ2n) is 5.27. The number of benzene rings is 2.